The van der Waals surface area contributed by atoms with E-state index in [1.54, 1.807) is 36.4 Å². The van der Waals surface area contributed by atoms with Crippen molar-refractivity contribution >= 4 is 0 Å². The Morgan fingerprint density at radius 2 is 1.39 bits per heavy atom. The molecule has 0 spiro atoms. The van der Waals surface area contributed by atoms with Crippen LogP contribution in [-0.4, -0.2) is 11.2 Å². The maximum atomic E-state index is 13.7. The van der Waals surface area contributed by atoms with Crippen molar-refractivity contribution in [3.8, 4) is 5.75 Å². The van der Waals surface area contributed by atoms with E-state index in [9.17, 15) is 13.9 Å². The van der Waals surface area contributed by atoms with Crippen molar-refractivity contribution in [2.75, 3.05) is 0 Å². The lowest BCUT2D eigenvalue weighted by Crippen LogP contribution is -2.32. The fourth-order valence-electron chi connectivity index (χ4n) is 1.53. The van der Waals surface area contributed by atoms with Crippen molar-refractivity contribution in [2.45, 2.75) is 12.2 Å². The number of halogens is 2. The molecule has 0 heterocycles. The Morgan fingerprint density at radius 1 is 0.889 bits per heavy atom. The van der Waals surface area contributed by atoms with E-state index < -0.39 is 12.2 Å². The van der Waals surface area contributed by atoms with Crippen LogP contribution in [0.5, 0.6) is 5.75 Å². The number of rotatable bonds is 4. The lowest BCUT2D eigenvalue weighted by molar-refractivity contribution is -0.242. The number of hydrogen-bond donors (Lipinski definition) is 1. The third-order valence-electron chi connectivity index (χ3n) is 2.43. The van der Waals surface area contributed by atoms with Crippen molar-refractivity contribution in [1.29, 1.82) is 0 Å². The zero-order valence-corrected chi connectivity index (χ0v) is 9.46. The molecular formula is C14H12F2O2. The Balaban J connectivity index is 2.16. The zero-order valence-electron chi connectivity index (χ0n) is 9.46. The van der Waals surface area contributed by atoms with Gasteiger partial charge in [0, 0.05) is 0 Å². The van der Waals surface area contributed by atoms with E-state index in [-0.39, 0.29) is 11.3 Å². The lowest BCUT2D eigenvalue weighted by atomic mass is 10.1. The monoisotopic (exact) mass is 250 g/mol. The molecule has 0 radical (unpaired) electrons. The van der Waals surface area contributed by atoms with Gasteiger partial charge in [0.2, 0.25) is 0 Å². The summed E-state index contributed by atoms with van der Waals surface area (Å²) in [5.41, 5.74) is 0.110. The van der Waals surface area contributed by atoms with Crippen molar-refractivity contribution in [3.63, 3.8) is 0 Å². The van der Waals surface area contributed by atoms with E-state index in [1.165, 1.54) is 24.3 Å². The average molecular weight is 250 g/mol. The van der Waals surface area contributed by atoms with Crippen molar-refractivity contribution in [3.05, 3.63) is 66.2 Å². The Kier molecular flexibility index (Phi) is 3.58. The van der Waals surface area contributed by atoms with Gasteiger partial charge in [-0.15, -0.1) is 0 Å². The fourth-order valence-corrected chi connectivity index (χ4v) is 1.53. The molecule has 2 rings (SSSR count). The van der Waals surface area contributed by atoms with E-state index in [0.29, 0.717) is 0 Å². The smallest absolute Gasteiger partial charge is 0.428 e. The molecule has 0 aliphatic rings. The normalized spacial score (nSPS) is 13.1. The summed E-state index contributed by atoms with van der Waals surface area (Å²) in [6, 6.07) is 15.4. The summed E-state index contributed by atoms with van der Waals surface area (Å²) in [5.74, 6) is 0.0116. The SMILES string of the molecule is OC(c1ccccc1)C(F)(F)Oc1ccccc1. The summed E-state index contributed by atoms with van der Waals surface area (Å²) in [4.78, 5) is 0. The quantitative estimate of drug-likeness (QED) is 0.901. The van der Waals surface area contributed by atoms with Gasteiger partial charge < -0.3 is 9.84 Å². The van der Waals surface area contributed by atoms with Crippen LogP contribution in [0.3, 0.4) is 0 Å². The van der Waals surface area contributed by atoms with Crippen molar-refractivity contribution < 1.29 is 18.6 Å². The molecule has 1 unspecified atom stereocenters. The highest BCUT2D eigenvalue weighted by Crippen LogP contribution is 2.33. The highest BCUT2D eigenvalue weighted by molar-refractivity contribution is 5.23. The first-order valence-corrected chi connectivity index (χ1v) is 5.44. The predicted octanol–water partition coefficient (Wildman–Crippen LogP) is 3.39. The van der Waals surface area contributed by atoms with Gasteiger partial charge in [-0.1, -0.05) is 48.5 Å². The second-order valence-corrected chi connectivity index (χ2v) is 3.79. The second-order valence-electron chi connectivity index (χ2n) is 3.79. The summed E-state index contributed by atoms with van der Waals surface area (Å²) >= 11 is 0. The minimum Gasteiger partial charge on any atom is -0.430 e. The summed E-state index contributed by atoms with van der Waals surface area (Å²) in [7, 11) is 0. The van der Waals surface area contributed by atoms with Gasteiger partial charge in [0.05, 0.1) is 0 Å². The minimum absolute atomic E-state index is 0.0116. The molecule has 0 fully saturated rings. The molecule has 0 bridgehead atoms. The number of aliphatic hydroxyl groups is 1. The molecular weight excluding hydrogens is 238 g/mol. The summed E-state index contributed by atoms with van der Waals surface area (Å²) in [5, 5.41) is 9.63. The Labute approximate surface area is 103 Å². The molecule has 0 saturated carbocycles. The first kappa shape index (κ1) is 12.5. The van der Waals surface area contributed by atoms with E-state index in [1.807, 2.05) is 0 Å². The molecule has 2 nitrogen and oxygen atoms in total. The molecule has 0 amide bonds. The fraction of sp³-hybridized carbons (Fsp3) is 0.143. The van der Waals surface area contributed by atoms with E-state index in [0.717, 1.165) is 0 Å². The second kappa shape index (κ2) is 5.14. The first-order chi connectivity index (χ1) is 8.59. The summed E-state index contributed by atoms with van der Waals surface area (Å²) in [6.07, 6.45) is -5.68. The summed E-state index contributed by atoms with van der Waals surface area (Å²) < 4.78 is 32.0. The third kappa shape index (κ3) is 2.84. The number of alkyl halides is 2. The van der Waals surface area contributed by atoms with Gasteiger partial charge in [-0.2, -0.15) is 8.78 Å². The molecule has 0 aliphatic heterocycles. The van der Waals surface area contributed by atoms with Gasteiger partial charge in [-0.05, 0) is 17.7 Å². The standard InChI is InChI=1S/C14H12F2O2/c15-14(16,18-12-9-5-2-6-10-12)13(17)11-7-3-1-4-8-11/h1-10,13,17H. The van der Waals surface area contributed by atoms with Crippen LogP contribution < -0.4 is 4.74 Å². The molecule has 4 heteroatoms. The molecule has 1 N–H and O–H groups in total. The molecule has 0 aromatic heterocycles. The topological polar surface area (TPSA) is 29.5 Å². The van der Waals surface area contributed by atoms with E-state index in [4.69, 9.17) is 0 Å². The van der Waals surface area contributed by atoms with E-state index in [2.05, 4.69) is 4.74 Å². The van der Waals surface area contributed by atoms with Gasteiger partial charge in [-0.25, -0.2) is 0 Å². The van der Waals surface area contributed by atoms with Crippen LogP contribution in [0, 0.1) is 0 Å². The number of ether oxygens (including phenoxy) is 1. The molecule has 0 aliphatic carbocycles. The van der Waals surface area contributed by atoms with Crippen LogP contribution in [-0.2, 0) is 0 Å². The Bertz CT molecular complexity index is 486. The lowest BCUT2D eigenvalue weighted by Gasteiger charge is -2.23. The molecule has 1 atom stereocenters. The molecule has 94 valence electrons. The third-order valence-corrected chi connectivity index (χ3v) is 2.43. The zero-order chi connectivity index (χ0) is 13.0. The Morgan fingerprint density at radius 3 is 1.94 bits per heavy atom. The number of para-hydroxylation sites is 1. The highest BCUT2D eigenvalue weighted by Gasteiger charge is 2.42. The predicted molar refractivity (Wildman–Crippen MR) is 63.4 cm³/mol. The van der Waals surface area contributed by atoms with Crippen LogP contribution in [0.15, 0.2) is 60.7 Å². The van der Waals surface area contributed by atoms with Gasteiger partial charge in [0.25, 0.3) is 0 Å². The molecule has 2 aromatic rings. The average Bonchev–Trinajstić information content (AvgIpc) is 2.39. The number of aliphatic hydroxyl groups excluding tert-OH is 1. The maximum absolute atomic E-state index is 13.7. The number of benzene rings is 2. The van der Waals surface area contributed by atoms with Crippen LogP contribution in [0.2, 0.25) is 0 Å². The van der Waals surface area contributed by atoms with Crippen molar-refractivity contribution in [1.82, 2.24) is 0 Å². The van der Waals surface area contributed by atoms with Crippen LogP contribution in [0.25, 0.3) is 0 Å². The van der Waals surface area contributed by atoms with Gasteiger partial charge in [0.15, 0.2) is 6.10 Å². The first-order valence-electron chi connectivity index (χ1n) is 5.44. The molecule has 2 aromatic carbocycles. The number of hydrogen-bond acceptors (Lipinski definition) is 2. The Hall–Kier alpha value is -1.94. The summed E-state index contributed by atoms with van der Waals surface area (Å²) in [6.45, 7) is 0. The maximum Gasteiger partial charge on any atom is 0.428 e. The van der Waals surface area contributed by atoms with Crippen molar-refractivity contribution in [2.24, 2.45) is 0 Å². The van der Waals surface area contributed by atoms with Gasteiger partial charge in [-0.3, -0.25) is 0 Å². The minimum atomic E-state index is -3.68. The van der Waals surface area contributed by atoms with Crippen LogP contribution >= 0.6 is 0 Å². The van der Waals surface area contributed by atoms with Crippen LogP contribution in [0.4, 0.5) is 8.78 Å². The van der Waals surface area contributed by atoms with E-state index >= 15 is 0 Å². The van der Waals surface area contributed by atoms with Gasteiger partial charge >= 0.3 is 6.11 Å². The highest BCUT2D eigenvalue weighted by atomic mass is 19.3. The molecule has 0 saturated heterocycles. The largest absolute Gasteiger partial charge is 0.430 e. The van der Waals surface area contributed by atoms with Crippen LogP contribution in [0.1, 0.15) is 11.7 Å². The molecule has 18 heavy (non-hydrogen) atoms. The van der Waals surface area contributed by atoms with Gasteiger partial charge in [0.1, 0.15) is 5.75 Å².